The molecule has 1 saturated heterocycles. The van der Waals surface area contributed by atoms with Gasteiger partial charge in [-0.3, -0.25) is 0 Å². The number of amidine groups is 1. The van der Waals surface area contributed by atoms with Crippen LogP contribution in [0.2, 0.25) is 0 Å². The first-order valence-corrected chi connectivity index (χ1v) is 4.62. The summed E-state index contributed by atoms with van der Waals surface area (Å²) in [6.45, 7) is 1.81. The largest absolute Gasteiger partial charge is 1.00 e. The number of hydrogen-bond acceptors (Lipinski definition) is 2. The highest BCUT2D eigenvalue weighted by Gasteiger charge is 2.24. The summed E-state index contributed by atoms with van der Waals surface area (Å²) >= 11 is 5.85. The molecule has 5 heteroatoms. The van der Waals surface area contributed by atoms with E-state index in [1.54, 1.807) is 6.20 Å². The minimum absolute atomic E-state index is 0. The third-order valence-electron chi connectivity index (χ3n) is 2.20. The van der Waals surface area contributed by atoms with E-state index in [4.69, 9.17) is 16.3 Å². The standard InChI is InChI=1S/C8H11ClN2O.HI/c9-8-10-3-4-11(8)6-7-2-1-5-12-7;/h3-4,7H,1-2,5-6H2;1H/t7-;/m0./s1. The lowest BCUT2D eigenvalue weighted by Crippen LogP contribution is -3.09. The van der Waals surface area contributed by atoms with E-state index in [1.165, 1.54) is 6.42 Å². The Morgan fingerprint density at radius 3 is 3.08 bits per heavy atom. The van der Waals surface area contributed by atoms with Gasteiger partial charge >= 0.3 is 5.29 Å². The van der Waals surface area contributed by atoms with Crippen LogP contribution >= 0.6 is 11.6 Å². The highest BCUT2D eigenvalue weighted by molar-refractivity contribution is 6.62. The van der Waals surface area contributed by atoms with Crippen LogP contribution in [0, 0.1) is 0 Å². The molecule has 2 aliphatic rings. The Hall–Kier alpha value is 0.350. The van der Waals surface area contributed by atoms with E-state index >= 15 is 0 Å². The van der Waals surface area contributed by atoms with Crippen LogP contribution in [-0.2, 0) is 4.74 Å². The van der Waals surface area contributed by atoms with E-state index < -0.39 is 0 Å². The van der Waals surface area contributed by atoms with Crippen LogP contribution in [0.3, 0.4) is 0 Å². The number of hydrogen-bond donors (Lipinski definition) is 1. The maximum absolute atomic E-state index is 5.85. The number of aliphatic imine (C=N–C) groups is 1. The molecule has 1 unspecified atom stereocenters. The van der Waals surface area contributed by atoms with E-state index in [-0.39, 0.29) is 24.0 Å². The summed E-state index contributed by atoms with van der Waals surface area (Å²) in [6, 6.07) is 0. The van der Waals surface area contributed by atoms with Gasteiger partial charge in [0.05, 0.1) is 6.20 Å². The van der Waals surface area contributed by atoms with Crippen LogP contribution in [0.4, 0.5) is 0 Å². The molecular formula is C8H12ClIN2O. The molecule has 2 rings (SSSR count). The van der Waals surface area contributed by atoms with Gasteiger partial charge in [-0.1, -0.05) is 0 Å². The molecule has 0 aromatic heterocycles. The molecule has 0 aromatic carbocycles. The van der Waals surface area contributed by atoms with Gasteiger partial charge in [0.2, 0.25) is 0 Å². The quantitative estimate of drug-likeness (QED) is 0.431. The first-order valence-electron chi connectivity index (χ1n) is 4.24. The van der Waals surface area contributed by atoms with Crippen LogP contribution < -0.4 is 28.9 Å². The van der Waals surface area contributed by atoms with Crippen molar-refractivity contribution in [2.24, 2.45) is 4.99 Å². The number of nitrogens with zero attached hydrogens (tertiary/aromatic N) is 1. The van der Waals surface area contributed by atoms with Crippen molar-refractivity contribution in [3.05, 3.63) is 12.4 Å². The first kappa shape index (κ1) is 11.4. The van der Waals surface area contributed by atoms with E-state index in [0.29, 0.717) is 11.4 Å². The van der Waals surface area contributed by atoms with Crippen molar-refractivity contribution in [3.8, 4) is 0 Å². The molecule has 0 aliphatic carbocycles. The van der Waals surface area contributed by atoms with Crippen LogP contribution in [0.25, 0.3) is 0 Å². The van der Waals surface area contributed by atoms with Crippen LogP contribution in [0.15, 0.2) is 17.4 Å². The Bertz CT molecular complexity index is 226. The summed E-state index contributed by atoms with van der Waals surface area (Å²) in [5.41, 5.74) is 0. The van der Waals surface area contributed by atoms with Crippen molar-refractivity contribution < 1.29 is 33.6 Å². The van der Waals surface area contributed by atoms with Crippen molar-refractivity contribution in [1.82, 2.24) is 0 Å². The minimum Gasteiger partial charge on any atom is -1.00 e. The number of nitrogens with one attached hydrogen (secondary N) is 1. The highest BCUT2D eigenvalue weighted by Crippen LogP contribution is 2.09. The van der Waals surface area contributed by atoms with Gasteiger partial charge in [-0.25, -0.2) is 4.90 Å². The minimum atomic E-state index is 0. The molecule has 0 bridgehead atoms. The molecule has 1 fully saturated rings. The smallest absolute Gasteiger partial charge is 0.303 e. The van der Waals surface area contributed by atoms with Crippen LogP contribution in [-0.4, -0.2) is 24.6 Å². The molecular weight excluding hydrogens is 302 g/mol. The molecule has 0 radical (unpaired) electrons. The summed E-state index contributed by atoms with van der Waals surface area (Å²) in [6.07, 6.45) is 6.40. The Balaban J connectivity index is 0.000000845. The van der Waals surface area contributed by atoms with Gasteiger partial charge < -0.3 is 28.7 Å². The van der Waals surface area contributed by atoms with Gasteiger partial charge in [0.25, 0.3) is 0 Å². The zero-order chi connectivity index (χ0) is 8.39. The van der Waals surface area contributed by atoms with Gasteiger partial charge in [-0.2, -0.15) is 4.99 Å². The predicted molar refractivity (Wildman–Crippen MR) is 47.2 cm³/mol. The molecule has 0 amide bonds. The van der Waals surface area contributed by atoms with Gasteiger partial charge in [0.15, 0.2) is 0 Å². The average molecular weight is 315 g/mol. The van der Waals surface area contributed by atoms with Crippen molar-refractivity contribution in [2.75, 3.05) is 13.2 Å². The molecule has 13 heavy (non-hydrogen) atoms. The maximum Gasteiger partial charge on any atom is 0.303 e. The Labute approximate surface area is 99.8 Å². The lowest BCUT2D eigenvalue weighted by atomic mass is 10.2. The molecule has 0 saturated carbocycles. The van der Waals surface area contributed by atoms with E-state index in [1.807, 2.05) is 6.20 Å². The number of quaternary nitrogens is 1. The van der Waals surface area contributed by atoms with Gasteiger partial charge in [0.1, 0.15) is 18.8 Å². The fourth-order valence-electron chi connectivity index (χ4n) is 1.55. The van der Waals surface area contributed by atoms with Gasteiger partial charge in [-0.15, -0.1) is 0 Å². The molecule has 74 valence electrons. The third kappa shape index (κ3) is 2.90. The SMILES string of the molecule is ClC1=NC=C[NH+]1C[C@@H]1CCCO1.[I-]. The first-order chi connectivity index (χ1) is 5.86. The Morgan fingerprint density at radius 1 is 1.69 bits per heavy atom. The number of rotatable bonds is 2. The second-order valence-corrected chi connectivity index (χ2v) is 3.46. The fraction of sp³-hybridized carbons (Fsp3) is 0.625. The topological polar surface area (TPSA) is 26.0 Å². The van der Waals surface area contributed by atoms with Crippen molar-refractivity contribution in [3.63, 3.8) is 0 Å². The normalized spacial score (nSPS) is 31.6. The zero-order valence-electron chi connectivity index (χ0n) is 7.17. The summed E-state index contributed by atoms with van der Waals surface area (Å²) in [5, 5.41) is 0.630. The molecule has 2 atom stereocenters. The summed E-state index contributed by atoms with van der Waals surface area (Å²) < 4.78 is 5.49. The lowest BCUT2D eigenvalue weighted by Gasteiger charge is -2.12. The average Bonchev–Trinajstić information content (AvgIpc) is 2.65. The zero-order valence-corrected chi connectivity index (χ0v) is 10.1. The van der Waals surface area contributed by atoms with Crippen molar-refractivity contribution in [2.45, 2.75) is 18.9 Å². The lowest BCUT2D eigenvalue weighted by molar-refractivity contribution is -0.745. The van der Waals surface area contributed by atoms with Crippen LogP contribution in [0.5, 0.6) is 0 Å². The molecule has 2 aliphatic heterocycles. The monoisotopic (exact) mass is 314 g/mol. The predicted octanol–water partition coefficient (Wildman–Crippen LogP) is -2.87. The second kappa shape index (κ2) is 5.29. The molecule has 0 spiro atoms. The molecule has 3 nitrogen and oxygen atoms in total. The molecule has 2 heterocycles. The van der Waals surface area contributed by atoms with Gasteiger partial charge in [-0.05, 0) is 12.8 Å². The van der Waals surface area contributed by atoms with E-state index in [2.05, 4.69) is 4.99 Å². The fourth-order valence-corrected chi connectivity index (χ4v) is 1.74. The second-order valence-electron chi connectivity index (χ2n) is 3.10. The van der Waals surface area contributed by atoms with Crippen LogP contribution in [0.1, 0.15) is 12.8 Å². The summed E-state index contributed by atoms with van der Waals surface area (Å²) in [4.78, 5) is 5.08. The number of halogens is 2. The maximum atomic E-state index is 5.85. The molecule has 1 N–H and O–H groups in total. The van der Waals surface area contributed by atoms with E-state index in [9.17, 15) is 0 Å². The summed E-state index contributed by atoms with van der Waals surface area (Å²) in [5.74, 6) is 0. The third-order valence-corrected chi connectivity index (χ3v) is 2.54. The Morgan fingerprint density at radius 2 is 2.54 bits per heavy atom. The highest BCUT2D eigenvalue weighted by atomic mass is 127. The summed E-state index contributed by atoms with van der Waals surface area (Å²) in [7, 11) is 0. The van der Waals surface area contributed by atoms with Gasteiger partial charge in [0, 0.05) is 18.2 Å². The van der Waals surface area contributed by atoms with E-state index in [0.717, 1.165) is 24.5 Å². The van der Waals surface area contributed by atoms with Crippen molar-refractivity contribution >= 4 is 16.9 Å². The molecule has 0 aromatic rings. The number of ether oxygens (including phenoxy) is 1. The Kier molecular flexibility index (Phi) is 4.64. The van der Waals surface area contributed by atoms with Crippen molar-refractivity contribution in [1.29, 1.82) is 0 Å².